The normalized spacial score (nSPS) is 11.4. The van der Waals surface area contributed by atoms with E-state index in [1.807, 2.05) is 0 Å². The number of hydrogen-bond donors (Lipinski definition) is 3. The van der Waals surface area contributed by atoms with Crippen molar-refractivity contribution in [3.05, 3.63) is 30.1 Å². The van der Waals surface area contributed by atoms with Gasteiger partial charge in [0.05, 0.1) is 11.5 Å². The molecule has 0 aliphatic rings. The second kappa shape index (κ2) is 10.3. The summed E-state index contributed by atoms with van der Waals surface area (Å²) in [6, 6.07) is 4.47. The predicted molar refractivity (Wildman–Crippen MR) is 84.0 cm³/mol. The highest BCUT2D eigenvalue weighted by Crippen LogP contribution is 2.09. The predicted octanol–water partition coefficient (Wildman–Crippen LogP) is -0.154. The number of amides is 1. The number of hydrogen-bond acceptors (Lipinski definition) is 5. The Hall–Kier alpha value is -1.55. The summed E-state index contributed by atoms with van der Waals surface area (Å²) >= 11 is 0. The maximum Gasteiger partial charge on any atom is 0.240 e. The molecule has 0 radical (unpaired) electrons. The van der Waals surface area contributed by atoms with Crippen LogP contribution in [0.3, 0.4) is 0 Å². The summed E-state index contributed by atoms with van der Waals surface area (Å²) in [6.45, 7) is 2.33. The molecule has 0 bridgehead atoms. The van der Waals surface area contributed by atoms with E-state index in [4.69, 9.17) is 4.74 Å². The summed E-state index contributed by atoms with van der Waals surface area (Å²) < 4.78 is 43.7. The first kappa shape index (κ1) is 19.5. The molecule has 0 aliphatic heterocycles. The maximum atomic E-state index is 12.8. The molecule has 0 heterocycles. The van der Waals surface area contributed by atoms with E-state index in [9.17, 15) is 17.6 Å². The fraction of sp³-hybridized carbons (Fsp3) is 0.500. The van der Waals surface area contributed by atoms with E-state index in [1.54, 1.807) is 7.11 Å². The lowest BCUT2D eigenvalue weighted by Crippen LogP contribution is -2.35. The van der Waals surface area contributed by atoms with Crippen LogP contribution in [0.5, 0.6) is 0 Å². The fourth-order valence-corrected chi connectivity index (χ4v) is 2.71. The molecular formula is C14H22FN3O4S. The van der Waals surface area contributed by atoms with Gasteiger partial charge in [-0.15, -0.1) is 0 Å². The van der Waals surface area contributed by atoms with Gasteiger partial charge in [-0.25, -0.2) is 17.5 Å². The molecule has 1 amide bonds. The van der Waals surface area contributed by atoms with Crippen molar-refractivity contribution in [3.8, 4) is 0 Å². The zero-order valence-corrected chi connectivity index (χ0v) is 13.8. The number of nitrogens with one attached hydrogen (secondary N) is 3. The van der Waals surface area contributed by atoms with Crippen molar-refractivity contribution in [2.75, 3.05) is 39.9 Å². The Morgan fingerprint density at radius 2 is 1.83 bits per heavy atom. The molecule has 130 valence electrons. The van der Waals surface area contributed by atoms with Crippen molar-refractivity contribution >= 4 is 15.9 Å². The highest BCUT2D eigenvalue weighted by Gasteiger charge is 2.13. The maximum absolute atomic E-state index is 12.8. The topological polar surface area (TPSA) is 96.5 Å². The monoisotopic (exact) mass is 347 g/mol. The lowest BCUT2D eigenvalue weighted by Gasteiger charge is -2.08. The van der Waals surface area contributed by atoms with Gasteiger partial charge in [-0.2, -0.15) is 0 Å². The van der Waals surface area contributed by atoms with Crippen molar-refractivity contribution in [2.24, 2.45) is 0 Å². The Kier molecular flexibility index (Phi) is 8.70. The van der Waals surface area contributed by atoms with Crippen LogP contribution in [0.15, 0.2) is 29.2 Å². The van der Waals surface area contributed by atoms with Gasteiger partial charge in [0.1, 0.15) is 5.82 Å². The molecule has 0 aromatic heterocycles. The minimum Gasteiger partial charge on any atom is -0.383 e. The Morgan fingerprint density at radius 3 is 2.48 bits per heavy atom. The number of ether oxygens (including phenoxy) is 1. The zero-order valence-electron chi connectivity index (χ0n) is 13.0. The smallest absolute Gasteiger partial charge is 0.240 e. The molecule has 0 saturated carbocycles. The highest BCUT2D eigenvalue weighted by atomic mass is 32.2. The van der Waals surface area contributed by atoms with Crippen LogP contribution in [0.25, 0.3) is 0 Å². The molecule has 1 aromatic rings. The molecule has 7 nitrogen and oxygen atoms in total. The van der Waals surface area contributed by atoms with Gasteiger partial charge >= 0.3 is 0 Å². The van der Waals surface area contributed by atoms with Crippen molar-refractivity contribution < 1.29 is 22.3 Å². The Balaban J connectivity index is 2.22. The van der Waals surface area contributed by atoms with Crippen LogP contribution in [0, 0.1) is 5.82 Å². The average Bonchev–Trinajstić information content (AvgIpc) is 2.51. The molecule has 23 heavy (non-hydrogen) atoms. The molecule has 0 unspecified atom stereocenters. The van der Waals surface area contributed by atoms with Gasteiger partial charge in [-0.05, 0) is 24.3 Å². The standard InChI is InChI=1S/C14H22FN3O4S/c1-22-11-10-16-8-9-17-14(19)6-7-18-23(20,21)13-4-2-12(15)3-5-13/h2-5,16,18H,6-11H2,1H3,(H,17,19). The van der Waals surface area contributed by atoms with Crippen LogP contribution in [-0.4, -0.2) is 54.2 Å². The minimum atomic E-state index is -3.73. The van der Waals surface area contributed by atoms with E-state index in [0.29, 0.717) is 26.2 Å². The SMILES string of the molecule is COCCNCCNC(=O)CCNS(=O)(=O)c1ccc(F)cc1. The highest BCUT2D eigenvalue weighted by molar-refractivity contribution is 7.89. The number of carbonyl (C=O) groups excluding carboxylic acids is 1. The van der Waals surface area contributed by atoms with Crippen LogP contribution >= 0.6 is 0 Å². The first-order valence-electron chi connectivity index (χ1n) is 7.17. The molecule has 0 fully saturated rings. The van der Waals surface area contributed by atoms with Crippen LogP contribution < -0.4 is 15.4 Å². The van der Waals surface area contributed by atoms with Crippen LogP contribution in [0.4, 0.5) is 4.39 Å². The average molecular weight is 347 g/mol. The summed E-state index contributed by atoms with van der Waals surface area (Å²) in [7, 11) is -2.12. The molecular weight excluding hydrogens is 325 g/mol. The van der Waals surface area contributed by atoms with Gasteiger partial charge in [-0.3, -0.25) is 4.79 Å². The quantitative estimate of drug-likeness (QED) is 0.484. The van der Waals surface area contributed by atoms with E-state index in [2.05, 4.69) is 15.4 Å². The number of sulfonamides is 1. The van der Waals surface area contributed by atoms with Crippen molar-refractivity contribution in [1.82, 2.24) is 15.4 Å². The van der Waals surface area contributed by atoms with Crippen molar-refractivity contribution in [3.63, 3.8) is 0 Å². The van der Waals surface area contributed by atoms with Crippen molar-refractivity contribution in [1.29, 1.82) is 0 Å². The van der Waals surface area contributed by atoms with Crippen LogP contribution in [0.2, 0.25) is 0 Å². The number of benzene rings is 1. The van der Waals surface area contributed by atoms with Crippen LogP contribution in [0.1, 0.15) is 6.42 Å². The summed E-state index contributed by atoms with van der Waals surface area (Å²) in [5.74, 6) is -0.761. The lowest BCUT2D eigenvalue weighted by molar-refractivity contribution is -0.120. The summed E-state index contributed by atoms with van der Waals surface area (Å²) in [5.41, 5.74) is 0. The summed E-state index contributed by atoms with van der Waals surface area (Å²) in [4.78, 5) is 11.5. The molecule has 0 saturated heterocycles. The molecule has 3 N–H and O–H groups in total. The lowest BCUT2D eigenvalue weighted by atomic mass is 10.4. The number of methoxy groups -OCH3 is 1. The van der Waals surface area contributed by atoms with Crippen LogP contribution in [-0.2, 0) is 19.6 Å². The van der Waals surface area contributed by atoms with Gasteiger partial charge in [-0.1, -0.05) is 0 Å². The third-order valence-corrected chi connectivity index (χ3v) is 4.35. The van der Waals surface area contributed by atoms with Crippen molar-refractivity contribution in [2.45, 2.75) is 11.3 Å². The van der Waals surface area contributed by atoms with E-state index >= 15 is 0 Å². The second-order valence-corrected chi connectivity index (χ2v) is 6.46. The van der Waals surface area contributed by atoms with Gasteiger partial charge in [0, 0.05) is 39.7 Å². The summed E-state index contributed by atoms with van der Waals surface area (Å²) in [6.07, 6.45) is 0.0263. The van der Waals surface area contributed by atoms with Gasteiger partial charge < -0.3 is 15.4 Å². The van der Waals surface area contributed by atoms with Gasteiger partial charge in [0.2, 0.25) is 15.9 Å². The molecule has 9 heteroatoms. The number of halogens is 1. The van der Waals surface area contributed by atoms with Gasteiger partial charge in [0.25, 0.3) is 0 Å². The number of rotatable bonds is 11. The Morgan fingerprint density at radius 1 is 1.13 bits per heavy atom. The third kappa shape index (κ3) is 8.03. The largest absolute Gasteiger partial charge is 0.383 e. The molecule has 0 spiro atoms. The Bertz CT molecular complexity index is 578. The number of carbonyl (C=O) groups is 1. The van der Waals surface area contributed by atoms with E-state index in [0.717, 1.165) is 12.1 Å². The first-order chi connectivity index (χ1) is 11.0. The fourth-order valence-electron chi connectivity index (χ4n) is 1.67. The molecule has 0 aliphatic carbocycles. The van der Waals surface area contributed by atoms with E-state index in [-0.39, 0.29) is 23.8 Å². The Labute approximate surface area is 135 Å². The van der Waals surface area contributed by atoms with E-state index < -0.39 is 15.8 Å². The van der Waals surface area contributed by atoms with Gasteiger partial charge in [0.15, 0.2) is 0 Å². The molecule has 1 aromatic carbocycles. The summed E-state index contributed by atoms with van der Waals surface area (Å²) in [5, 5.41) is 5.73. The zero-order chi connectivity index (χ0) is 17.1. The second-order valence-electron chi connectivity index (χ2n) is 4.69. The van der Waals surface area contributed by atoms with E-state index in [1.165, 1.54) is 12.1 Å². The molecule has 1 rings (SSSR count). The molecule has 0 atom stereocenters. The minimum absolute atomic E-state index is 0.0252. The first-order valence-corrected chi connectivity index (χ1v) is 8.65. The third-order valence-electron chi connectivity index (χ3n) is 2.87.